The van der Waals surface area contributed by atoms with Gasteiger partial charge in [0.15, 0.2) is 5.43 Å². The summed E-state index contributed by atoms with van der Waals surface area (Å²) in [4.78, 5) is 32.9. The monoisotopic (exact) mass is 414 g/mol. The minimum absolute atomic E-state index is 0.00150. The zero-order valence-corrected chi connectivity index (χ0v) is 17.3. The molecule has 0 spiro atoms. The molecule has 31 heavy (non-hydrogen) atoms. The van der Waals surface area contributed by atoms with Gasteiger partial charge >= 0.3 is 0 Å². The number of carbonyl (C=O) groups is 1. The fraction of sp³-hybridized carbons (Fsp3) is 0.160. The Bertz CT molecular complexity index is 1420. The van der Waals surface area contributed by atoms with Crippen LogP contribution >= 0.6 is 0 Å². The Labute approximate surface area is 177 Å². The molecule has 154 valence electrons. The minimum Gasteiger partial charge on any atom is -0.450 e. The predicted octanol–water partition coefficient (Wildman–Crippen LogP) is 5.00. The molecule has 0 bridgehead atoms. The Morgan fingerprint density at radius 2 is 1.68 bits per heavy atom. The highest BCUT2D eigenvalue weighted by molar-refractivity contribution is 6.10. The van der Waals surface area contributed by atoms with E-state index in [0.29, 0.717) is 22.4 Å². The summed E-state index contributed by atoms with van der Waals surface area (Å²) in [5, 5.41) is 0.417. The van der Waals surface area contributed by atoms with Crippen LogP contribution in [-0.2, 0) is 0 Å². The lowest BCUT2D eigenvalue weighted by Crippen LogP contribution is -2.30. The van der Waals surface area contributed by atoms with Gasteiger partial charge in [-0.3, -0.25) is 14.5 Å². The summed E-state index contributed by atoms with van der Waals surface area (Å²) in [6.45, 7) is 5.75. The lowest BCUT2D eigenvalue weighted by molar-refractivity contribution is 0.0970. The Morgan fingerprint density at radius 1 is 0.968 bits per heavy atom. The number of halogens is 1. The van der Waals surface area contributed by atoms with Crippen LogP contribution in [0.4, 0.5) is 10.2 Å². The lowest BCUT2D eigenvalue weighted by Gasteiger charge is -2.24. The van der Waals surface area contributed by atoms with Gasteiger partial charge in [-0.25, -0.2) is 9.37 Å². The molecule has 5 nitrogen and oxygen atoms in total. The third kappa shape index (κ3) is 2.94. The summed E-state index contributed by atoms with van der Waals surface area (Å²) < 4.78 is 19.6. The summed E-state index contributed by atoms with van der Waals surface area (Å²) in [7, 11) is 0. The van der Waals surface area contributed by atoms with E-state index in [4.69, 9.17) is 4.42 Å². The fourth-order valence-corrected chi connectivity index (χ4v) is 4.08. The van der Waals surface area contributed by atoms with Crippen LogP contribution in [0.1, 0.15) is 44.4 Å². The zero-order chi connectivity index (χ0) is 21.9. The predicted molar refractivity (Wildman–Crippen MR) is 116 cm³/mol. The Balaban J connectivity index is 1.83. The molecule has 0 saturated heterocycles. The molecule has 0 unspecified atom stereocenters. The second kappa shape index (κ2) is 6.87. The minimum atomic E-state index is -0.764. The van der Waals surface area contributed by atoms with Gasteiger partial charge in [-0.1, -0.05) is 12.1 Å². The van der Waals surface area contributed by atoms with Crippen LogP contribution in [0.2, 0.25) is 0 Å². The van der Waals surface area contributed by atoms with E-state index in [1.807, 2.05) is 26.8 Å². The maximum atomic E-state index is 13.6. The van der Waals surface area contributed by atoms with E-state index in [1.165, 1.54) is 17.0 Å². The molecular weight excluding hydrogens is 395 g/mol. The summed E-state index contributed by atoms with van der Waals surface area (Å²) in [5.74, 6) is -0.440. The molecule has 0 aliphatic carbocycles. The molecule has 1 amide bonds. The van der Waals surface area contributed by atoms with Crippen LogP contribution in [0.25, 0.3) is 11.0 Å². The number of hydrogen-bond acceptors (Lipinski definition) is 4. The number of rotatable bonds is 2. The van der Waals surface area contributed by atoms with E-state index < -0.39 is 17.8 Å². The SMILES string of the molecule is Cc1ccnc(N2C(=O)c3oc4cc(C)c(C)cc4c(=O)c3[C@@H]2c2ccc(F)cc2)c1. The Hall–Kier alpha value is -3.80. The second-order valence-corrected chi connectivity index (χ2v) is 7.93. The van der Waals surface area contributed by atoms with Gasteiger partial charge in [0, 0.05) is 6.20 Å². The summed E-state index contributed by atoms with van der Waals surface area (Å²) in [5.41, 5.74) is 3.80. The van der Waals surface area contributed by atoms with Crippen LogP contribution in [0, 0.1) is 26.6 Å². The molecule has 0 saturated carbocycles. The van der Waals surface area contributed by atoms with Crippen molar-refractivity contribution >= 4 is 22.7 Å². The van der Waals surface area contributed by atoms with Crippen molar-refractivity contribution in [1.82, 2.24) is 4.98 Å². The summed E-state index contributed by atoms with van der Waals surface area (Å²) >= 11 is 0. The van der Waals surface area contributed by atoms with E-state index in [0.717, 1.165) is 16.7 Å². The molecule has 0 N–H and O–H groups in total. The van der Waals surface area contributed by atoms with Crippen molar-refractivity contribution in [3.05, 3.63) is 104 Å². The zero-order valence-electron chi connectivity index (χ0n) is 17.3. The number of anilines is 1. The van der Waals surface area contributed by atoms with Gasteiger partial charge in [0.2, 0.25) is 5.76 Å². The maximum absolute atomic E-state index is 13.6. The topological polar surface area (TPSA) is 63.4 Å². The Morgan fingerprint density at radius 3 is 2.39 bits per heavy atom. The first-order valence-electron chi connectivity index (χ1n) is 9.95. The average Bonchev–Trinajstić information content (AvgIpc) is 3.03. The molecule has 0 radical (unpaired) electrons. The van der Waals surface area contributed by atoms with Crippen molar-refractivity contribution in [3.8, 4) is 0 Å². The number of aryl methyl sites for hydroxylation is 3. The van der Waals surface area contributed by atoms with Gasteiger partial charge < -0.3 is 4.42 Å². The van der Waals surface area contributed by atoms with E-state index >= 15 is 0 Å². The number of hydrogen-bond donors (Lipinski definition) is 0. The molecule has 6 heteroatoms. The number of amides is 1. The van der Waals surface area contributed by atoms with Crippen LogP contribution in [0.5, 0.6) is 0 Å². The Kier molecular flexibility index (Phi) is 4.25. The largest absolute Gasteiger partial charge is 0.450 e. The van der Waals surface area contributed by atoms with Crippen molar-refractivity contribution in [3.63, 3.8) is 0 Å². The molecule has 3 heterocycles. The normalized spacial score (nSPS) is 15.5. The first-order chi connectivity index (χ1) is 14.8. The van der Waals surface area contributed by atoms with Crippen molar-refractivity contribution in [1.29, 1.82) is 0 Å². The van der Waals surface area contributed by atoms with Gasteiger partial charge in [0.05, 0.1) is 17.0 Å². The molecule has 2 aromatic carbocycles. The van der Waals surface area contributed by atoms with Crippen molar-refractivity contribution in [2.24, 2.45) is 0 Å². The molecule has 0 fully saturated rings. The molecule has 5 rings (SSSR count). The van der Waals surface area contributed by atoms with E-state index in [9.17, 15) is 14.0 Å². The second-order valence-electron chi connectivity index (χ2n) is 7.93. The number of carbonyl (C=O) groups excluding carboxylic acids is 1. The lowest BCUT2D eigenvalue weighted by atomic mass is 9.97. The van der Waals surface area contributed by atoms with Crippen LogP contribution < -0.4 is 10.3 Å². The van der Waals surface area contributed by atoms with Gasteiger partial charge in [-0.15, -0.1) is 0 Å². The van der Waals surface area contributed by atoms with E-state index in [-0.39, 0.29) is 16.8 Å². The van der Waals surface area contributed by atoms with Crippen LogP contribution in [0.3, 0.4) is 0 Å². The van der Waals surface area contributed by atoms with Gasteiger partial charge in [0.1, 0.15) is 17.2 Å². The first kappa shape index (κ1) is 19.2. The molecule has 1 aliphatic heterocycles. The molecule has 1 atom stereocenters. The van der Waals surface area contributed by atoms with Gasteiger partial charge in [-0.2, -0.15) is 0 Å². The third-order valence-electron chi connectivity index (χ3n) is 5.82. The van der Waals surface area contributed by atoms with Gasteiger partial charge in [-0.05, 0) is 79.4 Å². The smallest absolute Gasteiger partial charge is 0.296 e. The maximum Gasteiger partial charge on any atom is 0.296 e. The van der Waals surface area contributed by atoms with Crippen LogP contribution in [-0.4, -0.2) is 10.9 Å². The fourth-order valence-electron chi connectivity index (χ4n) is 4.08. The molecule has 1 aliphatic rings. The molecule has 4 aromatic rings. The number of aromatic nitrogens is 1. The van der Waals surface area contributed by atoms with Crippen molar-refractivity contribution < 1.29 is 13.6 Å². The first-order valence-corrected chi connectivity index (χ1v) is 9.95. The standard InChI is InChI=1S/C25H19FN2O3/c1-13-8-9-27-20(10-13)28-22(16-4-6-17(26)7-5-16)21-23(29)18-11-14(2)15(3)12-19(18)31-24(21)25(28)30/h4-12,22H,1-3H3/t22-/m0/s1. The quantitative estimate of drug-likeness (QED) is 0.463. The number of benzene rings is 2. The summed E-state index contributed by atoms with van der Waals surface area (Å²) in [6, 6.07) is 12.2. The van der Waals surface area contributed by atoms with E-state index in [2.05, 4.69) is 4.98 Å². The number of fused-ring (bicyclic) bond motifs is 2. The van der Waals surface area contributed by atoms with Crippen molar-refractivity contribution in [2.45, 2.75) is 26.8 Å². The van der Waals surface area contributed by atoms with E-state index in [1.54, 1.807) is 36.5 Å². The van der Waals surface area contributed by atoms with Gasteiger partial charge in [0.25, 0.3) is 5.91 Å². The van der Waals surface area contributed by atoms with Crippen LogP contribution in [0.15, 0.2) is 63.9 Å². The number of nitrogens with zero attached hydrogens (tertiary/aromatic N) is 2. The average molecular weight is 414 g/mol. The molecular formula is C25H19FN2O3. The highest BCUT2D eigenvalue weighted by Crippen LogP contribution is 2.40. The number of pyridine rings is 1. The third-order valence-corrected chi connectivity index (χ3v) is 5.82. The van der Waals surface area contributed by atoms with Crippen molar-refractivity contribution in [2.75, 3.05) is 4.90 Å². The highest BCUT2D eigenvalue weighted by Gasteiger charge is 2.44. The highest BCUT2D eigenvalue weighted by atomic mass is 19.1. The molecule has 2 aromatic heterocycles. The summed E-state index contributed by atoms with van der Waals surface area (Å²) in [6.07, 6.45) is 1.61.